The fourth-order valence-electron chi connectivity index (χ4n) is 2.05. The molecule has 1 saturated heterocycles. The number of carbonyl (C=O) groups excluding carboxylic acids is 1. The number of carbonyl (C=O) groups is 1. The maximum Gasteiger partial charge on any atom is 0.471 e. The molecule has 6 heteroatoms. The van der Waals surface area contributed by atoms with Gasteiger partial charge in [-0.25, -0.2) is 0 Å². The molecule has 2 atom stereocenters. The normalized spacial score (nSPS) is 23.5. The summed E-state index contributed by atoms with van der Waals surface area (Å²) in [6, 6.07) is -0.413. The van der Waals surface area contributed by atoms with Crippen molar-refractivity contribution in [1.82, 2.24) is 10.6 Å². The van der Waals surface area contributed by atoms with Gasteiger partial charge in [0.15, 0.2) is 0 Å². The van der Waals surface area contributed by atoms with Gasteiger partial charge in [-0.3, -0.25) is 4.79 Å². The van der Waals surface area contributed by atoms with Gasteiger partial charge in [0.2, 0.25) is 0 Å². The minimum absolute atomic E-state index is 0.00352. The first kappa shape index (κ1) is 13.3. The molecule has 0 aliphatic carbocycles. The van der Waals surface area contributed by atoms with Crippen LogP contribution in [-0.4, -0.2) is 31.2 Å². The second kappa shape index (κ2) is 5.03. The van der Waals surface area contributed by atoms with Gasteiger partial charge in [0.1, 0.15) is 0 Å². The molecule has 94 valence electrons. The smallest absolute Gasteiger partial charge is 0.345 e. The SMILES string of the molecule is CC(C)C(NC(=O)C(F)(F)F)C1CCNC1. The van der Waals surface area contributed by atoms with Crippen molar-refractivity contribution >= 4 is 5.91 Å². The standard InChI is InChI=1S/C10H17F3N2O/c1-6(2)8(7-3-4-14-5-7)15-9(16)10(11,12)13/h6-8,14H,3-5H2,1-2H3,(H,15,16). The number of halogens is 3. The lowest BCUT2D eigenvalue weighted by Crippen LogP contribution is -2.49. The van der Waals surface area contributed by atoms with Crippen molar-refractivity contribution in [2.75, 3.05) is 13.1 Å². The molecular weight excluding hydrogens is 221 g/mol. The van der Waals surface area contributed by atoms with Gasteiger partial charge < -0.3 is 10.6 Å². The molecule has 0 spiro atoms. The maximum atomic E-state index is 12.1. The molecule has 2 N–H and O–H groups in total. The maximum absolute atomic E-state index is 12.1. The molecule has 0 bridgehead atoms. The predicted molar refractivity (Wildman–Crippen MR) is 53.8 cm³/mol. The fraction of sp³-hybridized carbons (Fsp3) is 0.900. The summed E-state index contributed by atoms with van der Waals surface area (Å²) in [7, 11) is 0. The highest BCUT2D eigenvalue weighted by molar-refractivity contribution is 5.82. The van der Waals surface area contributed by atoms with Crippen molar-refractivity contribution < 1.29 is 18.0 Å². The van der Waals surface area contributed by atoms with Crippen molar-refractivity contribution in [3.05, 3.63) is 0 Å². The summed E-state index contributed by atoms with van der Waals surface area (Å²) in [4.78, 5) is 10.9. The van der Waals surface area contributed by atoms with Crippen LogP contribution in [0.4, 0.5) is 13.2 Å². The van der Waals surface area contributed by atoms with E-state index < -0.39 is 18.1 Å². The first-order valence-electron chi connectivity index (χ1n) is 5.40. The topological polar surface area (TPSA) is 41.1 Å². The number of hydrogen-bond acceptors (Lipinski definition) is 2. The van der Waals surface area contributed by atoms with Crippen LogP contribution in [0.2, 0.25) is 0 Å². The Balaban J connectivity index is 2.61. The van der Waals surface area contributed by atoms with Gasteiger partial charge in [-0.1, -0.05) is 13.8 Å². The van der Waals surface area contributed by atoms with Crippen LogP contribution in [0.1, 0.15) is 20.3 Å². The molecule has 0 radical (unpaired) electrons. The minimum Gasteiger partial charge on any atom is -0.345 e. The number of amides is 1. The molecule has 1 amide bonds. The molecular formula is C10H17F3N2O. The number of rotatable bonds is 3. The van der Waals surface area contributed by atoms with Gasteiger partial charge in [-0.2, -0.15) is 13.2 Å². The molecule has 3 nitrogen and oxygen atoms in total. The van der Waals surface area contributed by atoms with Gasteiger partial charge in [0.25, 0.3) is 0 Å². The summed E-state index contributed by atoms with van der Waals surface area (Å²) >= 11 is 0. The molecule has 1 aliphatic rings. The third kappa shape index (κ3) is 3.37. The van der Waals surface area contributed by atoms with E-state index >= 15 is 0 Å². The second-order valence-corrected chi connectivity index (χ2v) is 4.49. The van der Waals surface area contributed by atoms with Gasteiger partial charge >= 0.3 is 12.1 Å². The Morgan fingerprint density at radius 2 is 2.06 bits per heavy atom. The lowest BCUT2D eigenvalue weighted by Gasteiger charge is -2.28. The zero-order chi connectivity index (χ0) is 12.3. The zero-order valence-electron chi connectivity index (χ0n) is 9.40. The summed E-state index contributed by atoms with van der Waals surface area (Å²) in [6.07, 6.45) is -3.99. The van der Waals surface area contributed by atoms with Crippen LogP contribution in [0.3, 0.4) is 0 Å². The van der Waals surface area contributed by atoms with E-state index in [1.807, 2.05) is 13.8 Å². The average Bonchev–Trinajstić information content (AvgIpc) is 2.63. The van der Waals surface area contributed by atoms with E-state index in [9.17, 15) is 18.0 Å². The molecule has 2 unspecified atom stereocenters. The van der Waals surface area contributed by atoms with Crippen LogP contribution in [0.15, 0.2) is 0 Å². The van der Waals surface area contributed by atoms with E-state index in [-0.39, 0.29) is 11.8 Å². The summed E-state index contributed by atoms with van der Waals surface area (Å²) in [6.45, 7) is 5.11. The lowest BCUT2D eigenvalue weighted by molar-refractivity contribution is -0.175. The Hall–Kier alpha value is -0.780. The highest BCUT2D eigenvalue weighted by atomic mass is 19.4. The molecule has 1 rings (SSSR count). The van der Waals surface area contributed by atoms with Crippen LogP contribution in [0.25, 0.3) is 0 Å². The highest BCUT2D eigenvalue weighted by Crippen LogP contribution is 2.22. The van der Waals surface area contributed by atoms with Crippen molar-refractivity contribution in [2.24, 2.45) is 11.8 Å². The Kier molecular flexibility index (Phi) is 4.18. The summed E-state index contributed by atoms with van der Waals surface area (Å²) in [5.74, 6) is -1.75. The summed E-state index contributed by atoms with van der Waals surface area (Å²) in [5.41, 5.74) is 0. The van der Waals surface area contributed by atoms with E-state index in [1.165, 1.54) is 0 Å². The van der Waals surface area contributed by atoms with Gasteiger partial charge in [-0.15, -0.1) is 0 Å². The van der Waals surface area contributed by atoms with E-state index in [0.29, 0.717) is 6.54 Å². The quantitative estimate of drug-likeness (QED) is 0.778. The molecule has 0 saturated carbocycles. The van der Waals surface area contributed by atoms with Crippen molar-refractivity contribution in [3.63, 3.8) is 0 Å². The third-order valence-corrected chi connectivity index (χ3v) is 2.88. The van der Waals surface area contributed by atoms with Crippen molar-refractivity contribution in [3.8, 4) is 0 Å². The van der Waals surface area contributed by atoms with Crippen LogP contribution < -0.4 is 10.6 Å². The van der Waals surface area contributed by atoms with Crippen LogP contribution >= 0.6 is 0 Å². The zero-order valence-corrected chi connectivity index (χ0v) is 9.40. The molecule has 1 heterocycles. The van der Waals surface area contributed by atoms with Crippen LogP contribution in [0, 0.1) is 11.8 Å². The third-order valence-electron chi connectivity index (χ3n) is 2.88. The van der Waals surface area contributed by atoms with E-state index in [0.717, 1.165) is 13.0 Å². The summed E-state index contributed by atoms with van der Waals surface area (Å²) < 4.78 is 36.4. The molecule has 16 heavy (non-hydrogen) atoms. The number of alkyl halides is 3. The van der Waals surface area contributed by atoms with Crippen molar-refractivity contribution in [1.29, 1.82) is 0 Å². The number of nitrogens with one attached hydrogen (secondary N) is 2. The Morgan fingerprint density at radius 3 is 2.44 bits per heavy atom. The molecule has 0 aromatic heterocycles. The molecule has 0 aromatic rings. The van der Waals surface area contributed by atoms with E-state index in [1.54, 1.807) is 0 Å². The Bertz CT molecular complexity index is 247. The predicted octanol–water partition coefficient (Wildman–Crippen LogP) is 1.30. The van der Waals surface area contributed by atoms with Gasteiger partial charge in [-0.05, 0) is 31.3 Å². The number of hydrogen-bond donors (Lipinski definition) is 2. The first-order valence-corrected chi connectivity index (χ1v) is 5.40. The van der Waals surface area contributed by atoms with Crippen LogP contribution in [-0.2, 0) is 4.79 Å². The van der Waals surface area contributed by atoms with Gasteiger partial charge in [0.05, 0.1) is 0 Å². The Morgan fingerprint density at radius 1 is 1.44 bits per heavy atom. The second-order valence-electron chi connectivity index (χ2n) is 4.49. The molecule has 1 fully saturated rings. The van der Waals surface area contributed by atoms with Crippen molar-refractivity contribution in [2.45, 2.75) is 32.5 Å². The molecule has 0 aromatic carbocycles. The van der Waals surface area contributed by atoms with E-state index in [2.05, 4.69) is 10.6 Å². The Labute approximate surface area is 92.8 Å². The fourth-order valence-corrected chi connectivity index (χ4v) is 2.05. The monoisotopic (exact) mass is 238 g/mol. The largest absolute Gasteiger partial charge is 0.471 e. The molecule has 1 aliphatic heterocycles. The minimum atomic E-state index is -4.79. The van der Waals surface area contributed by atoms with Gasteiger partial charge in [0, 0.05) is 6.04 Å². The van der Waals surface area contributed by atoms with E-state index in [4.69, 9.17) is 0 Å². The average molecular weight is 238 g/mol. The highest BCUT2D eigenvalue weighted by Gasteiger charge is 2.41. The van der Waals surface area contributed by atoms with Crippen LogP contribution in [0.5, 0.6) is 0 Å². The summed E-state index contributed by atoms with van der Waals surface area (Å²) in [5, 5.41) is 5.18. The lowest BCUT2D eigenvalue weighted by atomic mass is 9.89. The first-order chi connectivity index (χ1) is 7.32.